The Balaban J connectivity index is 1.63. The molecule has 0 saturated carbocycles. The predicted octanol–water partition coefficient (Wildman–Crippen LogP) is 2.33. The second-order valence-corrected chi connectivity index (χ2v) is 6.01. The molecule has 0 bridgehead atoms. The van der Waals surface area contributed by atoms with Crippen LogP contribution in [0.2, 0.25) is 0 Å². The smallest absolute Gasteiger partial charge is 0.258 e. The molecule has 0 spiro atoms. The molecule has 3 aromatic heterocycles. The SMILES string of the molecule is Cc1cc(C2CCCN2Cc2cc(=O)n3ccccc3n2)no1. The number of pyridine rings is 1. The van der Waals surface area contributed by atoms with Crippen LogP contribution in [0.15, 0.2) is 45.8 Å². The van der Waals surface area contributed by atoms with Crippen LogP contribution in [0.4, 0.5) is 0 Å². The molecule has 6 heteroatoms. The lowest BCUT2D eigenvalue weighted by atomic mass is 10.1. The molecule has 4 rings (SSSR count). The number of hydrogen-bond acceptors (Lipinski definition) is 5. The summed E-state index contributed by atoms with van der Waals surface area (Å²) >= 11 is 0. The van der Waals surface area contributed by atoms with Crippen molar-refractivity contribution in [2.24, 2.45) is 0 Å². The van der Waals surface area contributed by atoms with Crippen LogP contribution in [-0.2, 0) is 6.54 Å². The summed E-state index contributed by atoms with van der Waals surface area (Å²) in [6.45, 7) is 3.53. The fraction of sp³-hybridized carbons (Fsp3) is 0.353. The summed E-state index contributed by atoms with van der Waals surface area (Å²) in [5, 5.41) is 4.15. The number of hydrogen-bond donors (Lipinski definition) is 0. The highest BCUT2D eigenvalue weighted by molar-refractivity contribution is 5.38. The summed E-state index contributed by atoms with van der Waals surface area (Å²) in [7, 11) is 0. The number of likely N-dealkylation sites (tertiary alicyclic amines) is 1. The highest BCUT2D eigenvalue weighted by Crippen LogP contribution is 2.32. The highest BCUT2D eigenvalue weighted by Gasteiger charge is 2.28. The van der Waals surface area contributed by atoms with Gasteiger partial charge in [0, 0.05) is 24.9 Å². The average molecular weight is 310 g/mol. The molecule has 0 N–H and O–H groups in total. The van der Waals surface area contributed by atoms with Crippen molar-refractivity contribution in [1.82, 2.24) is 19.4 Å². The van der Waals surface area contributed by atoms with Crippen LogP contribution >= 0.6 is 0 Å². The molecule has 0 aromatic carbocycles. The maximum Gasteiger partial charge on any atom is 0.258 e. The lowest BCUT2D eigenvalue weighted by Gasteiger charge is -2.22. The van der Waals surface area contributed by atoms with Crippen molar-refractivity contribution in [2.45, 2.75) is 32.4 Å². The van der Waals surface area contributed by atoms with Crippen LogP contribution in [-0.4, -0.2) is 26.0 Å². The summed E-state index contributed by atoms with van der Waals surface area (Å²) in [5.74, 6) is 0.828. The van der Waals surface area contributed by atoms with Crippen molar-refractivity contribution in [2.75, 3.05) is 6.54 Å². The van der Waals surface area contributed by atoms with Gasteiger partial charge >= 0.3 is 0 Å². The summed E-state index contributed by atoms with van der Waals surface area (Å²) < 4.78 is 6.77. The fourth-order valence-electron chi connectivity index (χ4n) is 3.29. The first-order chi connectivity index (χ1) is 11.2. The molecule has 1 saturated heterocycles. The van der Waals surface area contributed by atoms with Crippen molar-refractivity contribution in [3.63, 3.8) is 0 Å². The van der Waals surface area contributed by atoms with E-state index in [1.54, 1.807) is 16.7 Å². The van der Waals surface area contributed by atoms with Gasteiger partial charge in [0.15, 0.2) is 0 Å². The maximum atomic E-state index is 12.2. The van der Waals surface area contributed by atoms with Crippen LogP contribution < -0.4 is 5.56 Å². The van der Waals surface area contributed by atoms with Crippen molar-refractivity contribution in [1.29, 1.82) is 0 Å². The second-order valence-electron chi connectivity index (χ2n) is 6.01. The van der Waals surface area contributed by atoms with Crippen LogP contribution in [0.25, 0.3) is 5.65 Å². The lowest BCUT2D eigenvalue weighted by Crippen LogP contribution is -2.25. The molecule has 1 unspecified atom stereocenters. The minimum atomic E-state index is -0.0429. The topological polar surface area (TPSA) is 63.6 Å². The standard InChI is InChI=1S/C17H18N4O2/c1-12-9-14(19-23-12)15-5-4-7-20(15)11-13-10-17(22)21-8-3-2-6-16(21)18-13/h2-3,6,8-10,15H,4-5,7,11H2,1H3. The lowest BCUT2D eigenvalue weighted by molar-refractivity contribution is 0.234. The van der Waals surface area contributed by atoms with E-state index in [1.165, 1.54) is 0 Å². The van der Waals surface area contributed by atoms with Gasteiger partial charge in [0.25, 0.3) is 5.56 Å². The molecular formula is C17H18N4O2. The molecule has 0 aliphatic carbocycles. The summed E-state index contributed by atoms with van der Waals surface area (Å²) in [6.07, 6.45) is 3.91. The van der Waals surface area contributed by atoms with E-state index in [-0.39, 0.29) is 11.6 Å². The molecule has 1 aliphatic heterocycles. The third kappa shape index (κ3) is 2.66. The second kappa shape index (κ2) is 5.62. The van der Waals surface area contributed by atoms with Crippen LogP contribution in [0.1, 0.15) is 36.0 Å². The van der Waals surface area contributed by atoms with Gasteiger partial charge < -0.3 is 4.52 Å². The molecule has 1 atom stereocenters. The Morgan fingerprint density at radius 1 is 1.35 bits per heavy atom. The Hall–Kier alpha value is -2.47. The number of nitrogens with zero attached hydrogens (tertiary/aromatic N) is 4. The van der Waals surface area contributed by atoms with Gasteiger partial charge in [0.1, 0.15) is 17.1 Å². The fourth-order valence-corrected chi connectivity index (χ4v) is 3.29. The average Bonchev–Trinajstić information content (AvgIpc) is 3.16. The van der Waals surface area contributed by atoms with E-state index in [0.29, 0.717) is 12.2 Å². The van der Waals surface area contributed by atoms with E-state index in [9.17, 15) is 4.79 Å². The minimum Gasteiger partial charge on any atom is -0.361 e. The molecule has 23 heavy (non-hydrogen) atoms. The van der Waals surface area contributed by atoms with Crippen molar-refractivity contribution in [3.8, 4) is 0 Å². The zero-order valence-corrected chi connectivity index (χ0v) is 13.0. The molecule has 4 heterocycles. The maximum absolute atomic E-state index is 12.2. The van der Waals surface area contributed by atoms with E-state index in [1.807, 2.05) is 31.2 Å². The summed E-state index contributed by atoms with van der Waals surface area (Å²) in [4.78, 5) is 19.1. The Bertz CT molecular complexity index is 899. The zero-order valence-electron chi connectivity index (χ0n) is 13.0. The first-order valence-corrected chi connectivity index (χ1v) is 7.85. The molecule has 1 fully saturated rings. The molecule has 3 aromatic rings. The van der Waals surface area contributed by atoms with E-state index in [4.69, 9.17) is 4.52 Å². The summed E-state index contributed by atoms with van der Waals surface area (Å²) in [5.41, 5.74) is 2.41. The Kier molecular flexibility index (Phi) is 3.46. The van der Waals surface area contributed by atoms with E-state index < -0.39 is 0 Å². The Morgan fingerprint density at radius 2 is 2.26 bits per heavy atom. The molecule has 118 valence electrons. The normalized spacial score (nSPS) is 18.7. The molecule has 0 radical (unpaired) electrons. The van der Waals surface area contributed by atoms with Crippen LogP contribution in [0.3, 0.4) is 0 Å². The molecule has 0 amide bonds. The van der Waals surface area contributed by atoms with Gasteiger partial charge in [0.05, 0.1) is 11.7 Å². The van der Waals surface area contributed by atoms with Crippen molar-refractivity contribution < 1.29 is 4.52 Å². The highest BCUT2D eigenvalue weighted by atomic mass is 16.5. The van der Waals surface area contributed by atoms with Gasteiger partial charge in [-0.2, -0.15) is 0 Å². The number of aromatic nitrogens is 3. The first-order valence-electron chi connectivity index (χ1n) is 7.85. The first kappa shape index (κ1) is 14.1. The van der Waals surface area contributed by atoms with Crippen molar-refractivity contribution in [3.05, 3.63) is 64.0 Å². The predicted molar refractivity (Wildman–Crippen MR) is 85.1 cm³/mol. The largest absolute Gasteiger partial charge is 0.361 e. The van der Waals surface area contributed by atoms with Crippen molar-refractivity contribution >= 4 is 5.65 Å². The van der Waals surface area contributed by atoms with Gasteiger partial charge in [-0.25, -0.2) is 4.98 Å². The van der Waals surface area contributed by atoms with E-state index >= 15 is 0 Å². The third-order valence-corrected chi connectivity index (χ3v) is 4.34. The number of aryl methyl sites for hydroxylation is 1. The minimum absolute atomic E-state index is 0.0429. The molecule has 1 aliphatic rings. The van der Waals surface area contributed by atoms with Gasteiger partial charge in [-0.05, 0) is 38.4 Å². The van der Waals surface area contributed by atoms with Gasteiger partial charge in [-0.1, -0.05) is 11.2 Å². The monoisotopic (exact) mass is 310 g/mol. The zero-order chi connectivity index (χ0) is 15.8. The summed E-state index contributed by atoms with van der Waals surface area (Å²) in [6, 6.07) is 9.43. The molecule has 6 nitrogen and oxygen atoms in total. The Labute approximate surface area is 133 Å². The van der Waals surface area contributed by atoms with Crippen LogP contribution in [0, 0.1) is 6.92 Å². The quantitative estimate of drug-likeness (QED) is 0.743. The van der Waals surface area contributed by atoms with Gasteiger partial charge in [-0.3, -0.25) is 14.1 Å². The van der Waals surface area contributed by atoms with Gasteiger partial charge in [0.2, 0.25) is 0 Å². The van der Waals surface area contributed by atoms with Crippen LogP contribution in [0.5, 0.6) is 0 Å². The van der Waals surface area contributed by atoms with Gasteiger partial charge in [-0.15, -0.1) is 0 Å². The number of fused-ring (bicyclic) bond motifs is 1. The molecular weight excluding hydrogens is 292 g/mol. The Morgan fingerprint density at radius 3 is 3.09 bits per heavy atom. The van der Waals surface area contributed by atoms with E-state index in [2.05, 4.69) is 15.0 Å². The third-order valence-electron chi connectivity index (χ3n) is 4.34. The number of rotatable bonds is 3. The van der Waals surface area contributed by atoms with E-state index in [0.717, 1.165) is 36.5 Å².